The molecule has 0 radical (unpaired) electrons. The van der Waals surface area contributed by atoms with Crippen molar-refractivity contribution in [2.75, 3.05) is 20.2 Å². The Morgan fingerprint density at radius 1 is 1.47 bits per heavy atom. The lowest BCUT2D eigenvalue weighted by molar-refractivity contribution is -0.140. The van der Waals surface area contributed by atoms with E-state index in [1.807, 2.05) is 6.92 Å². The fourth-order valence-corrected chi connectivity index (χ4v) is 0.989. The molecule has 0 bridgehead atoms. The molecule has 0 spiro atoms. The molecule has 0 amide bonds. The first-order valence-electron chi connectivity index (χ1n) is 5.31. The molecule has 0 aliphatic heterocycles. The third kappa shape index (κ3) is 13.1. The van der Waals surface area contributed by atoms with Crippen LogP contribution in [-0.4, -0.2) is 32.1 Å². The highest BCUT2D eigenvalue weighted by Crippen LogP contribution is 1.95. The van der Waals surface area contributed by atoms with Crippen molar-refractivity contribution in [1.82, 2.24) is 5.32 Å². The number of nitrogens with zero attached hydrogens (tertiary/aromatic N) is 1. The van der Waals surface area contributed by atoms with Gasteiger partial charge in [0.25, 0.3) is 0 Å². The van der Waals surface area contributed by atoms with Gasteiger partial charge in [0.2, 0.25) is 0 Å². The molecule has 3 N–H and O–H groups in total. The monoisotopic (exact) mass is 355 g/mol. The first kappa shape index (κ1) is 18.6. The quantitative estimate of drug-likeness (QED) is 0.181. The summed E-state index contributed by atoms with van der Waals surface area (Å²) < 4.78 is 4.53. The predicted molar refractivity (Wildman–Crippen MR) is 80.6 cm³/mol. The van der Waals surface area contributed by atoms with E-state index in [0.29, 0.717) is 25.5 Å². The molecule has 0 saturated carbocycles. The second kappa shape index (κ2) is 11.7. The van der Waals surface area contributed by atoms with Crippen LogP contribution >= 0.6 is 24.0 Å². The summed E-state index contributed by atoms with van der Waals surface area (Å²) in [6.45, 7) is 6.87. The van der Waals surface area contributed by atoms with Crippen molar-refractivity contribution in [3.63, 3.8) is 0 Å². The van der Waals surface area contributed by atoms with Crippen molar-refractivity contribution in [2.45, 2.75) is 26.2 Å². The van der Waals surface area contributed by atoms with Crippen LogP contribution in [0.4, 0.5) is 0 Å². The molecule has 0 unspecified atom stereocenters. The molecule has 5 nitrogen and oxygen atoms in total. The van der Waals surface area contributed by atoms with Crippen LogP contribution in [0.15, 0.2) is 17.1 Å². The van der Waals surface area contributed by atoms with Crippen molar-refractivity contribution in [3.8, 4) is 0 Å². The second-order valence-electron chi connectivity index (χ2n) is 3.62. The van der Waals surface area contributed by atoms with Gasteiger partial charge in [-0.25, -0.2) is 4.99 Å². The number of rotatable bonds is 7. The Hall–Kier alpha value is -0.790. The van der Waals surface area contributed by atoms with E-state index < -0.39 is 0 Å². The summed E-state index contributed by atoms with van der Waals surface area (Å²) in [7, 11) is 1.39. The van der Waals surface area contributed by atoms with Crippen molar-refractivity contribution in [3.05, 3.63) is 12.2 Å². The van der Waals surface area contributed by atoms with E-state index >= 15 is 0 Å². The Bertz CT molecular complexity index is 267. The number of hydrogen-bond acceptors (Lipinski definition) is 3. The molecular weight excluding hydrogens is 333 g/mol. The van der Waals surface area contributed by atoms with Crippen LogP contribution in [0, 0.1) is 0 Å². The molecule has 0 aliphatic rings. The number of nitrogens with one attached hydrogen (secondary N) is 1. The van der Waals surface area contributed by atoms with Gasteiger partial charge >= 0.3 is 5.97 Å². The fourth-order valence-electron chi connectivity index (χ4n) is 0.989. The minimum Gasteiger partial charge on any atom is -0.469 e. The number of halogens is 1. The molecule has 0 aromatic heterocycles. The molecule has 0 aromatic carbocycles. The summed E-state index contributed by atoms with van der Waals surface area (Å²) in [5.41, 5.74) is 6.56. The first-order chi connectivity index (χ1) is 7.56. The molecule has 0 atom stereocenters. The average molecular weight is 355 g/mol. The van der Waals surface area contributed by atoms with Crippen LogP contribution < -0.4 is 11.1 Å². The number of hydrogen-bond donors (Lipinski definition) is 2. The molecule has 0 saturated heterocycles. The lowest BCUT2D eigenvalue weighted by Crippen LogP contribution is -2.32. The van der Waals surface area contributed by atoms with Gasteiger partial charge in [0, 0.05) is 13.0 Å². The Kier molecular flexibility index (Phi) is 12.8. The van der Waals surface area contributed by atoms with Gasteiger partial charge in [0.15, 0.2) is 5.96 Å². The Balaban J connectivity index is 0. The van der Waals surface area contributed by atoms with Crippen LogP contribution in [-0.2, 0) is 9.53 Å². The lowest BCUT2D eigenvalue weighted by Gasteiger charge is -2.05. The topological polar surface area (TPSA) is 76.7 Å². The minimum atomic E-state index is -0.177. The number of carbonyl (C=O) groups excluding carboxylic acids is 1. The van der Waals surface area contributed by atoms with E-state index in [0.717, 1.165) is 18.4 Å². The summed E-state index contributed by atoms with van der Waals surface area (Å²) in [5.74, 6) is 0.241. The summed E-state index contributed by atoms with van der Waals surface area (Å²) in [6.07, 6.45) is 2.09. The van der Waals surface area contributed by atoms with Crippen LogP contribution in [0.1, 0.15) is 26.2 Å². The number of carbonyl (C=O) groups is 1. The number of ether oxygens (including phenoxy) is 1. The van der Waals surface area contributed by atoms with Crippen molar-refractivity contribution in [2.24, 2.45) is 10.7 Å². The molecule has 100 valence electrons. The maximum absolute atomic E-state index is 10.8. The number of unbranched alkanes of at least 4 members (excludes halogenated alkanes) is 1. The number of esters is 1. The summed E-state index contributed by atoms with van der Waals surface area (Å²) >= 11 is 0. The maximum atomic E-state index is 10.8. The van der Waals surface area contributed by atoms with E-state index in [4.69, 9.17) is 5.73 Å². The van der Waals surface area contributed by atoms with E-state index in [1.165, 1.54) is 7.11 Å². The smallest absolute Gasteiger partial charge is 0.305 e. The van der Waals surface area contributed by atoms with Crippen LogP contribution in [0.2, 0.25) is 0 Å². The highest BCUT2D eigenvalue weighted by molar-refractivity contribution is 14.0. The van der Waals surface area contributed by atoms with Crippen LogP contribution in [0.25, 0.3) is 0 Å². The molecule has 0 rings (SSSR count). The highest BCUT2D eigenvalue weighted by Gasteiger charge is 1.99. The fraction of sp³-hybridized carbons (Fsp3) is 0.636. The predicted octanol–water partition coefficient (Wildman–Crippen LogP) is 1.43. The van der Waals surface area contributed by atoms with Gasteiger partial charge in [-0.05, 0) is 19.8 Å². The molecule has 6 heteroatoms. The van der Waals surface area contributed by atoms with Crippen LogP contribution in [0.3, 0.4) is 0 Å². The SMILES string of the molecule is C=C(C)CN=C(N)NCCCCC(=O)OC.I. The van der Waals surface area contributed by atoms with E-state index in [2.05, 4.69) is 21.6 Å². The third-order valence-electron chi connectivity index (χ3n) is 1.86. The number of nitrogens with two attached hydrogens (primary N) is 1. The van der Waals surface area contributed by atoms with Gasteiger partial charge < -0.3 is 15.8 Å². The van der Waals surface area contributed by atoms with Crippen LogP contribution in [0.5, 0.6) is 0 Å². The standard InChI is InChI=1S/C11H21N3O2.HI/c1-9(2)8-14-11(12)13-7-5-4-6-10(15)16-3;/h1,4-8H2,2-3H3,(H3,12,13,14);1H. The van der Waals surface area contributed by atoms with E-state index in [1.54, 1.807) is 0 Å². The molecule has 0 aliphatic carbocycles. The Morgan fingerprint density at radius 3 is 2.65 bits per heavy atom. The second-order valence-corrected chi connectivity index (χ2v) is 3.62. The average Bonchev–Trinajstić information content (AvgIpc) is 2.25. The maximum Gasteiger partial charge on any atom is 0.305 e. The van der Waals surface area contributed by atoms with Gasteiger partial charge in [-0.2, -0.15) is 0 Å². The molecule has 0 aromatic rings. The summed E-state index contributed by atoms with van der Waals surface area (Å²) in [4.78, 5) is 14.9. The largest absolute Gasteiger partial charge is 0.469 e. The van der Waals surface area contributed by atoms with Gasteiger partial charge in [-0.15, -0.1) is 24.0 Å². The van der Waals surface area contributed by atoms with Crippen molar-refractivity contribution in [1.29, 1.82) is 0 Å². The third-order valence-corrected chi connectivity index (χ3v) is 1.86. The molecular formula is C11H22IN3O2. The lowest BCUT2D eigenvalue weighted by atomic mass is 10.2. The van der Waals surface area contributed by atoms with Crippen molar-refractivity contribution >= 4 is 35.9 Å². The zero-order valence-electron chi connectivity index (χ0n) is 10.5. The number of methoxy groups -OCH3 is 1. The normalized spacial score (nSPS) is 10.4. The number of guanidine groups is 1. The zero-order chi connectivity index (χ0) is 12.4. The zero-order valence-corrected chi connectivity index (χ0v) is 12.8. The summed E-state index contributed by atoms with van der Waals surface area (Å²) in [6, 6.07) is 0. The van der Waals surface area contributed by atoms with Crippen molar-refractivity contribution < 1.29 is 9.53 Å². The van der Waals surface area contributed by atoms with Gasteiger partial charge in [0.1, 0.15) is 0 Å². The highest BCUT2D eigenvalue weighted by atomic mass is 127. The molecule has 17 heavy (non-hydrogen) atoms. The van der Waals surface area contributed by atoms with E-state index in [9.17, 15) is 4.79 Å². The minimum absolute atomic E-state index is 0. The first-order valence-corrected chi connectivity index (χ1v) is 5.31. The van der Waals surface area contributed by atoms with Gasteiger partial charge in [-0.1, -0.05) is 12.2 Å². The molecule has 0 heterocycles. The van der Waals surface area contributed by atoms with E-state index in [-0.39, 0.29) is 29.9 Å². The van der Waals surface area contributed by atoms with Gasteiger partial charge in [0.05, 0.1) is 13.7 Å². The molecule has 0 fully saturated rings. The Morgan fingerprint density at radius 2 is 2.12 bits per heavy atom. The van der Waals surface area contributed by atoms with Gasteiger partial charge in [-0.3, -0.25) is 4.79 Å². The summed E-state index contributed by atoms with van der Waals surface area (Å²) in [5, 5.41) is 2.96. The Labute approximate surface area is 120 Å². The number of aliphatic imine (C=N–C) groups is 1.